The molecule has 1 aromatic carbocycles. The molecule has 0 bridgehead atoms. The zero-order valence-electron chi connectivity index (χ0n) is 11.4. The second-order valence-electron chi connectivity index (χ2n) is 4.93. The van der Waals surface area contributed by atoms with E-state index in [4.69, 9.17) is 0 Å². The zero-order valence-corrected chi connectivity index (χ0v) is 12.2. The van der Waals surface area contributed by atoms with Gasteiger partial charge in [-0.1, -0.05) is 44.2 Å². The number of hydrogen-bond donors (Lipinski definition) is 0. The van der Waals surface area contributed by atoms with Crippen molar-refractivity contribution in [3.8, 4) is 0 Å². The van der Waals surface area contributed by atoms with Gasteiger partial charge in [0.2, 0.25) is 0 Å². The predicted molar refractivity (Wildman–Crippen MR) is 76.9 cm³/mol. The fourth-order valence-corrected chi connectivity index (χ4v) is 3.26. The first kappa shape index (κ1) is 13.8. The summed E-state index contributed by atoms with van der Waals surface area (Å²) in [6, 6.07) is 9.52. The molecule has 0 aromatic heterocycles. The molecule has 1 heterocycles. The maximum atomic E-state index is 12.2. The molecule has 0 N–H and O–H groups in total. The number of allylic oxidation sites excluding steroid dienone is 2. The third kappa shape index (κ3) is 3.04. The van der Waals surface area contributed by atoms with Crippen LogP contribution in [0.2, 0.25) is 0 Å². The molecule has 102 valence electrons. The minimum absolute atomic E-state index is 0.101. The summed E-state index contributed by atoms with van der Waals surface area (Å²) in [5.74, 6) is 0.101. The van der Waals surface area contributed by atoms with Gasteiger partial charge < -0.3 is 0 Å². The third-order valence-electron chi connectivity index (χ3n) is 3.01. The van der Waals surface area contributed by atoms with Crippen LogP contribution >= 0.6 is 0 Å². The standard InChI is InChI=1S/C14H18N2O2S/c1-11(2)14-9-12(3)16(19(17,18)15-14)10-13-7-5-4-6-8-13/h4-9,11H,10H2,1-3H3. The van der Waals surface area contributed by atoms with Crippen molar-refractivity contribution >= 4 is 15.9 Å². The van der Waals surface area contributed by atoms with Gasteiger partial charge in [-0.15, -0.1) is 4.40 Å². The summed E-state index contributed by atoms with van der Waals surface area (Å²) in [6.07, 6.45) is 1.84. The summed E-state index contributed by atoms with van der Waals surface area (Å²) in [6.45, 7) is 5.99. The van der Waals surface area contributed by atoms with Crippen molar-refractivity contribution in [1.82, 2.24) is 4.31 Å². The molecule has 0 amide bonds. The van der Waals surface area contributed by atoms with Crippen LogP contribution in [0.15, 0.2) is 46.5 Å². The van der Waals surface area contributed by atoms with Gasteiger partial charge in [-0.3, -0.25) is 4.31 Å². The predicted octanol–water partition coefficient (Wildman–Crippen LogP) is 2.75. The van der Waals surface area contributed by atoms with E-state index in [1.54, 1.807) is 6.92 Å². The zero-order chi connectivity index (χ0) is 14.0. The van der Waals surface area contributed by atoms with Crippen molar-refractivity contribution in [2.24, 2.45) is 10.3 Å². The smallest absolute Gasteiger partial charge is 0.252 e. The normalized spacial score (nSPS) is 18.2. The SMILES string of the molecule is CC1=CC(C(C)C)=NS(=O)(=O)N1Cc1ccccc1. The fraction of sp³-hybridized carbons (Fsp3) is 0.357. The Kier molecular flexibility index (Phi) is 3.75. The second-order valence-corrected chi connectivity index (χ2v) is 6.45. The van der Waals surface area contributed by atoms with E-state index >= 15 is 0 Å². The van der Waals surface area contributed by atoms with Crippen molar-refractivity contribution in [3.05, 3.63) is 47.7 Å². The lowest BCUT2D eigenvalue weighted by atomic mass is 10.1. The van der Waals surface area contributed by atoms with E-state index in [1.165, 1.54) is 4.31 Å². The molecule has 0 spiro atoms. The molecule has 0 atom stereocenters. The van der Waals surface area contributed by atoms with Crippen LogP contribution in [0.3, 0.4) is 0 Å². The van der Waals surface area contributed by atoms with Crippen LogP contribution in [0.25, 0.3) is 0 Å². The maximum absolute atomic E-state index is 12.2. The number of hydrogen-bond acceptors (Lipinski definition) is 2. The van der Waals surface area contributed by atoms with Gasteiger partial charge in [0.15, 0.2) is 0 Å². The molecule has 0 fully saturated rings. The highest BCUT2D eigenvalue weighted by Crippen LogP contribution is 2.23. The quantitative estimate of drug-likeness (QED) is 0.853. The minimum atomic E-state index is -3.61. The Morgan fingerprint density at radius 2 is 1.84 bits per heavy atom. The molecule has 1 aliphatic rings. The van der Waals surface area contributed by atoms with Gasteiger partial charge in [0, 0.05) is 5.70 Å². The van der Waals surface area contributed by atoms with Crippen LogP contribution < -0.4 is 0 Å². The molecule has 2 rings (SSSR count). The molecule has 0 unspecified atom stereocenters. The van der Waals surface area contributed by atoms with E-state index in [-0.39, 0.29) is 5.92 Å². The topological polar surface area (TPSA) is 49.7 Å². The summed E-state index contributed by atoms with van der Waals surface area (Å²) in [5.41, 5.74) is 2.27. The number of benzene rings is 1. The molecule has 19 heavy (non-hydrogen) atoms. The Balaban J connectivity index is 2.32. The van der Waals surface area contributed by atoms with E-state index < -0.39 is 10.2 Å². The van der Waals surface area contributed by atoms with E-state index in [0.717, 1.165) is 5.56 Å². The Labute approximate surface area is 114 Å². The third-order valence-corrected chi connectivity index (χ3v) is 4.43. The van der Waals surface area contributed by atoms with Gasteiger partial charge in [-0.2, -0.15) is 8.42 Å². The van der Waals surface area contributed by atoms with Crippen LogP contribution in [0.5, 0.6) is 0 Å². The lowest BCUT2D eigenvalue weighted by Crippen LogP contribution is -2.32. The number of nitrogens with zero attached hydrogens (tertiary/aromatic N) is 2. The van der Waals surface area contributed by atoms with Crippen molar-refractivity contribution in [3.63, 3.8) is 0 Å². The van der Waals surface area contributed by atoms with Gasteiger partial charge in [-0.05, 0) is 24.5 Å². The molecule has 1 aliphatic heterocycles. The lowest BCUT2D eigenvalue weighted by Gasteiger charge is -2.27. The largest absolute Gasteiger partial charge is 0.344 e. The molecule has 5 heteroatoms. The van der Waals surface area contributed by atoms with E-state index in [0.29, 0.717) is 18.0 Å². The Morgan fingerprint density at radius 1 is 1.21 bits per heavy atom. The molecular formula is C14H18N2O2S. The molecule has 0 radical (unpaired) electrons. The van der Waals surface area contributed by atoms with Crippen LogP contribution in [-0.2, 0) is 16.8 Å². The molecular weight excluding hydrogens is 260 g/mol. The van der Waals surface area contributed by atoms with E-state index in [1.807, 2.05) is 50.3 Å². The fourth-order valence-electron chi connectivity index (χ4n) is 1.90. The Morgan fingerprint density at radius 3 is 2.37 bits per heavy atom. The molecule has 0 aliphatic carbocycles. The monoisotopic (exact) mass is 278 g/mol. The van der Waals surface area contributed by atoms with Crippen LogP contribution in [-0.4, -0.2) is 18.4 Å². The molecule has 0 saturated carbocycles. The first-order chi connectivity index (χ1) is 8.90. The highest BCUT2D eigenvalue weighted by molar-refractivity contribution is 7.88. The highest BCUT2D eigenvalue weighted by Gasteiger charge is 2.27. The summed E-state index contributed by atoms with van der Waals surface area (Å²) in [5, 5.41) is 0. The van der Waals surface area contributed by atoms with Gasteiger partial charge in [-0.25, -0.2) is 0 Å². The first-order valence-corrected chi connectivity index (χ1v) is 7.64. The lowest BCUT2D eigenvalue weighted by molar-refractivity contribution is 0.471. The van der Waals surface area contributed by atoms with Crippen molar-refractivity contribution in [1.29, 1.82) is 0 Å². The van der Waals surface area contributed by atoms with E-state index in [9.17, 15) is 8.42 Å². The van der Waals surface area contributed by atoms with Crippen molar-refractivity contribution < 1.29 is 8.42 Å². The number of rotatable bonds is 3. The highest BCUT2D eigenvalue weighted by atomic mass is 32.2. The van der Waals surface area contributed by atoms with Crippen molar-refractivity contribution in [2.45, 2.75) is 27.3 Å². The minimum Gasteiger partial charge on any atom is -0.252 e. The van der Waals surface area contributed by atoms with Gasteiger partial charge >= 0.3 is 10.2 Å². The van der Waals surface area contributed by atoms with Gasteiger partial charge in [0.05, 0.1) is 12.3 Å². The van der Waals surface area contributed by atoms with Crippen LogP contribution in [0, 0.1) is 5.92 Å². The second kappa shape index (κ2) is 5.17. The molecule has 0 saturated heterocycles. The van der Waals surface area contributed by atoms with Gasteiger partial charge in [0.25, 0.3) is 0 Å². The summed E-state index contributed by atoms with van der Waals surface area (Å²) < 4.78 is 29.6. The maximum Gasteiger partial charge on any atom is 0.344 e. The molecule has 1 aromatic rings. The average Bonchev–Trinajstić information content (AvgIpc) is 2.34. The first-order valence-electron chi connectivity index (χ1n) is 6.25. The van der Waals surface area contributed by atoms with Gasteiger partial charge in [0.1, 0.15) is 0 Å². The van der Waals surface area contributed by atoms with Crippen LogP contribution in [0.4, 0.5) is 0 Å². The summed E-state index contributed by atoms with van der Waals surface area (Å²) >= 11 is 0. The Hall–Kier alpha value is -1.62. The average molecular weight is 278 g/mol. The summed E-state index contributed by atoms with van der Waals surface area (Å²) in [4.78, 5) is 0. The van der Waals surface area contributed by atoms with Crippen molar-refractivity contribution in [2.75, 3.05) is 0 Å². The summed E-state index contributed by atoms with van der Waals surface area (Å²) in [7, 11) is -3.61. The molecule has 4 nitrogen and oxygen atoms in total. The van der Waals surface area contributed by atoms with Crippen LogP contribution in [0.1, 0.15) is 26.3 Å². The van der Waals surface area contributed by atoms with E-state index in [2.05, 4.69) is 4.40 Å². The Bertz CT molecular complexity index is 616.